The number of hydrogen-bond donors (Lipinski definition) is 1. The molecule has 1 saturated heterocycles. The van der Waals surface area contributed by atoms with E-state index in [0.717, 1.165) is 53.6 Å². The summed E-state index contributed by atoms with van der Waals surface area (Å²) in [6.07, 6.45) is 1.89. The van der Waals surface area contributed by atoms with Crippen molar-refractivity contribution in [2.24, 2.45) is 5.92 Å². The molecule has 0 saturated carbocycles. The molecule has 38 heavy (non-hydrogen) atoms. The van der Waals surface area contributed by atoms with Crippen LogP contribution >= 0.6 is 11.3 Å². The molecule has 3 aromatic carbocycles. The monoisotopic (exact) mass is 528 g/mol. The number of thiazole rings is 1. The molecular formula is C30H32N4O3S. The predicted octanol–water partition coefficient (Wildman–Crippen LogP) is 6.43. The van der Waals surface area contributed by atoms with Crippen molar-refractivity contribution in [3.8, 4) is 11.5 Å². The third kappa shape index (κ3) is 5.81. The van der Waals surface area contributed by atoms with Crippen LogP contribution in [0.1, 0.15) is 37.0 Å². The zero-order valence-electron chi connectivity index (χ0n) is 21.7. The molecule has 1 aromatic heterocycles. The topological polar surface area (TPSA) is 74.8 Å². The predicted molar refractivity (Wildman–Crippen MR) is 153 cm³/mol. The minimum Gasteiger partial charge on any atom is -0.457 e. The van der Waals surface area contributed by atoms with Crippen LogP contribution in [0.5, 0.6) is 11.5 Å². The Labute approximate surface area is 227 Å². The van der Waals surface area contributed by atoms with Gasteiger partial charge < -0.3 is 19.9 Å². The Morgan fingerprint density at radius 2 is 1.76 bits per heavy atom. The summed E-state index contributed by atoms with van der Waals surface area (Å²) in [5.74, 6) is 1.52. The molecule has 0 aliphatic carbocycles. The third-order valence-electron chi connectivity index (χ3n) is 6.85. The van der Waals surface area contributed by atoms with Crippen molar-refractivity contribution in [2.75, 3.05) is 36.4 Å². The second-order valence-electron chi connectivity index (χ2n) is 9.37. The smallest absolute Gasteiger partial charge is 0.255 e. The lowest BCUT2D eigenvalue weighted by molar-refractivity contribution is -0.135. The third-order valence-corrected chi connectivity index (χ3v) is 7.93. The fourth-order valence-corrected chi connectivity index (χ4v) is 5.81. The molecule has 1 atom stereocenters. The molecule has 1 N–H and O–H groups in total. The number of rotatable bonds is 8. The van der Waals surface area contributed by atoms with Gasteiger partial charge in [-0.25, -0.2) is 4.98 Å². The lowest BCUT2D eigenvalue weighted by Crippen LogP contribution is -2.44. The summed E-state index contributed by atoms with van der Waals surface area (Å²) in [6.45, 7) is 7.11. The van der Waals surface area contributed by atoms with Crippen molar-refractivity contribution in [3.63, 3.8) is 0 Å². The molecule has 8 heteroatoms. The summed E-state index contributed by atoms with van der Waals surface area (Å²) in [5, 5.41) is 3.87. The van der Waals surface area contributed by atoms with E-state index in [1.807, 2.05) is 85.5 Å². The summed E-state index contributed by atoms with van der Waals surface area (Å²) in [5.41, 5.74) is 2.13. The number of carbonyl (C=O) groups excluding carboxylic acids is 2. The zero-order valence-corrected chi connectivity index (χ0v) is 22.5. The van der Waals surface area contributed by atoms with Crippen LogP contribution in [-0.2, 0) is 4.79 Å². The van der Waals surface area contributed by atoms with Gasteiger partial charge in [0.15, 0.2) is 5.13 Å². The van der Waals surface area contributed by atoms with Gasteiger partial charge in [-0.2, -0.15) is 0 Å². The molecule has 2 amide bonds. The lowest BCUT2D eigenvalue weighted by Gasteiger charge is -2.34. The first-order valence-electron chi connectivity index (χ1n) is 13.1. The number of piperidine rings is 1. The maximum atomic E-state index is 13.0. The van der Waals surface area contributed by atoms with Crippen molar-refractivity contribution in [2.45, 2.75) is 26.7 Å². The van der Waals surface area contributed by atoms with Crippen LogP contribution in [0.3, 0.4) is 0 Å². The summed E-state index contributed by atoms with van der Waals surface area (Å²) in [7, 11) is 0. The summed E-state index contributed by atoms with van der Waals surface area (Å²) < 4.78 is 6.78. The maximum Gasteiger partial charge on any atom is 0.255 e. The van der Waals surface area contributed by atoms with E-state index in [1.165, 1.54) is 0 Å². The number of carbonyl (C=O) groups is 2. The average molecular weight is 529 g/mol. The number of ether oxygens (including phenoxy) is 1. The molecule has 5 rings (SSSR count). The van der Waals surface area contributed by atoms with Gasteiger partial charge in [-0.1, -0.05) is 29.5 Å². The van der Waals surface area contributed by atoms with Crippen LogP contribution in [0.2, 0.25) is 0 Å². The zero-order chi connectivity index (χ0) is 26.5. The summed E-state index contributed by atoms with van der Waals surface area (Å²) in [4.78, 5) is 34.8. The molecule has 0 bridgehead atoms. The average Bonchev–Trinajstić information content (AvgIpc) is 3.39. The van der Waals surface area contributed by atoms with Crippen molar-refractivity contribution >= 4 is 44.2 Å². The number of amides is 2. The number of aromatic nitrogens is 1. The molecule has 7 nitrogen and oxygen atoms in total. The number of nitrogens with zero attached hydrogens (tertiary/aromatic N) is 3. The van der Waals surface area contributed by atoms with Gasteiger partial charge >= 0.3 is 0 Å². The Hall–Kier alpha value is -3.91. The van der Waals surface area contributed by atoms with E-state index in [0.29, 0.717) is 23.5 Å². The Kier molecular flexibility index (Phi) is 7.89. The van der Waals surface area contributed by atoms with Gasteiger partial charge in [0.05, 0.1) is 16.1 Å². The Bertz CT molecular complexity index is 1400. The fraction of sp³-hybridized carbons (Fsp3) is 0.300. The maximum absolute atomic E-state index is 13.0. The quantitative estimate of drug-likeness (QED) is 0.285. The van der Waals surface area contributed by atoms with Crippen molar-refractivity contribution in [3.05, 3.63) is 78.4 Å². The molecule has 196 valence electrons. The van der Waals surface area contributed by atoms with Crippen LogP contribution in [0, 0.1) is 5.92 Å². The molecular weight excluding hydrogens is 496 g/mol. The fourth-order valence-electron chi connectivity index (χ4n) is 4.77. The molecule has 1 unspecified atom stereocenters. The minimum atomic E-state index is -0.179. The van der Waals surface area contributed by atoms with Gasteiger partial charge in [0.25, 0.3) is 5.91 Å². The highest BCUT2D eigenvalue weighted by molar-refractivity contribution is 7.22. The highest BCUT2D eigenvalue weighted by Gasteiger charge is 2.29. The van der Waals surface area contributed by atoms with E-state index >= 15 is 0 Å². The standard InChI is InChI=1S/C30H32N4O3S/c1-3-33(4-2)29(36)22-9-8-18-34(20-22)30-32-26-17-12-21(19-27(26)38-30)28(35)31-23-13-15-25(16-14-23)37-24-10-6-5-7-11-24/h5-7,10-17,19,22H,3-4,8-9,18,20H2,1-2H3,(H,31,35). The van der Waals surface area contributed by atoms with Gasteiger partial charge in [-0.15, -0.1) is 0 Å². The van der Waals surface area contributed by atoms with Crippen LogP contribution in [0.15, 0.2) is 72.8 Å². The van der Waals surface area contributed by atoms with Gasteiger partial charge in [0.1, 0.15) is 11.5 Å². The highest BCUT2D eigenvalue weighted by atomic mass is 32.1. The van der Waals surface area contributed by atoms with Gasteiger partial charge in [0.2, 0.25) is 5.91 Å². The van der Waals surface area contributed by atoms with Crippen LogP contribution in [0.4, 0.5) is 10.8 Å². The van der Waals surface area contributed by atoms with Crippen LogP contribution in [0.25, 0.3) is 10.2 Å². The number of fused-ring (bicyclic) bond motifs is 1. The molecule has 0 spiro atoms. The van der Waals surface area contributed by atoms with Crippen molar-refractivity contribution in [1.29, 1.82) is 0 Å². The minimum absolute atomic E-state index is 0.00137. The Morgan fingerprint density at radius 1 is 1.03 bits per heavy atom. The number of anilines is 2. The van der Waals surface area contributed by atoms with Gasteiger partial charge in [-0.05, 0) is 81.3 Å². The van der Waals surface area contributed by atoms with E-state index in [9.17, 15) is 9.59 Å². The second-order valence-corrected chi connectivity index (χ2v) is 10.4. The molecule has 4 aromatic rings. The lowest BCUT2D eigenvalue weighted by atomic mass is 9.97. The first-order chi connectivity index (χ1) is 18.5. The van der Waals surface area contributed by atoms with E-state index in [2.05, 4.69) is 10.2 Å². The van der Waals surface area contributed by atoms with Gasteiger partial charge in [-0.3, -0.25) is 9.59 Å². The molecule has 1 aliphatic rings. The van der Waals surface area contributed by atoms with E-state index in [1.54, 1.807) is 17.4 Å². The summed E-state index contributed by atoms with van der Waals surface area (Å²) in [6, 6.07) is 22.5. The van der Waals surface area contributed by atoms with Crippen molar-refractivity contribution in [1.82, 2.24) is 9.88 Å². The SMILES string of the molecule is CCN(CC)C(=O)C1CCCN(c2nc3ccc(C(=O)Nc4ccc(Oc5ccccc5)cc4)cc3s2)C1. The first-order valence-corrected chi connectivity index (χ1v) is 13.9. The molecule has 2 heterocycles. The van der Waals surface area contributed by atoms with Crippen LogP contribution < -0.4 is 15.0 Å². The molecule has 1 aliphatic heterocycles. The second kappa shape index (κ2) is 11.6. The Morgan fingerprint density at radius 3 is 2.50 bits per heavy atom. The number of benzene rings is 3. The first kappa shape index (κ1) is 25.7. The molecule has 0 radical (unpaired) electrons. The number of para-hydroxylation sites is 1. The highest BCUT2D eigenvalue weighted by Crippen LogP contribution is 2.33. The Balaban J connectivity index is 1.24. The van der Waals surface area contributed by atoms with Crippen molar-refractivity contribution < 1.29 is 14.3 Å². The van der Waals surface area contributed by atoms with E-state index in [-0.39, 0.29) is 17.7 Å². The summed E-state index contributed by atoms with van der Waals surface area (Å²) >= 11 is 1.57. The molecule has 1 fully saturated rings. The number of hydrogen-bond acceptors (Lipinski definition) is 6. The van der Waals surface area contributed by atoms with E-state index < -0.39 is 0 Å². The van der Waals surface area contributed by atoms with Crippen LogP contribution in [-0.4, -0.2) is 47.9 Å². The largest absolute Gasteiger partial charge is 0.457 e. The normalized spacial score (nSPS) is 15.3. The van der Waals surface area contributed by atoms with E-state index in [4.69, 9.17) is 9.72 Å². The van der Waals surface area contributed by atoms with Gasteiger partial charge in [0, 0.05) is 37.4 Å². The number of nitrogens with one attached hydrogen (secondary N) is 1.